The summed E-state index contributed by atoms with van der Waals surface area (Å²) in [6, 6.07) is 7.06. The molecule has 0 bridgehead atoms. The lowest BCUT2D eigenvalue weighted by Crippen LogP contribution is -2.37. The minimum Gasteiger partial charge on any atom is -0.508 e. The van der Waals surface area contributed by atoms with Crippen LogP contribution >= 0.6 is 0 Å². The molecule has 0 saturated carbocycles. The molecule has 130 valence electrons. The number of morpholine rings is 1. The summed E-state index contributed by atoms with van der Waals surface area (Å²) < 4.78 is 5.42. The molecule has 2 N–H and O–H groups in total. The summed E-state index contributed by atoms with van der Waals surface area (Å²) in [5.41, 5.74) is 2.91. The van der Waals surface area contributed by atoms with Gasteiger partial charge in [0.1, 0.15) is 17.0 Å². The number of hydrogen-bond acceptors (Lipinski definition) is 7. The first-order valence-electron chi connectivity index (χ1n) is 8.19. The van der Waals surface area contributed by atoms with Gasteiger partial charge < -0.3 is 24.6 Å². The van der Waals surface area contributed by atoms with E-state index in [-0.39, 0.29) is 5.75 Å². The minimum absolute atomic E-state index is 0.199. The summed E-state index contributed by atoms with van der Waals surface area (Å²) >= 11 is 0. The van der Waals surface area contributed by atoms with Crippen LogP contribution in [0.25, 0.3) is 22.4 Å². The van der Waals surface area contributed by atoms with Crippen molar-refractivity contribution in [3.8, 4) is 17.0 Å². The van der Waals surface area contributed by atoms with Crippen molar-refractivity contribution >= 4 is 23.1 Å². The first-order chi connectivity index (χ1) is 12.1. The smallest absolute Gasteiger partial charge is 0.228 e. The summed E-state index contributed by atoms with van der Waals surface area (Å²) in [5, 5.41) is 9.85. The van der Waals surface area contributed by atoms with Crippen molar-refractivity contribution in [1.82, 2.24) is 19.9 Å². The number of imidazole rings is 1. The van der Waals surface area contributed by atoms with Crippen LogP contribution in [0.2, 0.25) is 0 Å². The maximum atomic E-state index is 9.85. The lowest BCUT2D eigenvalue weighted by molar-refractivity contribution is 0.122. The Labute approximate surface area is 145 Å². The number of phenolic OH excluding ortho intramolecular Hbond substituents is 1. The number of fused-ring (bicyclic) bond motifs is 1. The second kappa shape index (κ2) is 6.21. The zero-order chi connectivity index (χ0) is 17.4. The van der Waals surface area contributed by atoms with Crippen molar-refractivity contribution < 1.29 is 9.84 Å². The van der Waals surface area contributed by atoms with E-state index in [2.05, 4.69) is 19.9 Å². The van der Waals surface area contributed by atoms with Crippen LogP contribution in [-0.4, -0.2) is 65.4 Å². The predicted molar refractivity (Wildman–Crippen MR) is 96.1 cm³/mol. The average molecular weight is 340 g/mol. The number of nitrogens with one attached hydrogen (secondary N) is 1. The number of aromatic nitrogens is 4. The fraction of sp³-hybridized carbons (Fsp3) is 0.353. The highest BCUT2D eigenvalue weighted by molar-refractivity contribution is 5.90. The summed E-state index contributed by atoms with van der Waals surface area (Å²) in [6.07, 6.45) is 0. The number of aromatic amines is 1. The number of H-pyrrole nitrogens is 1. The lowest BCUT2D eigenvalue weighted by atomic mass is 10.1. The number of nitrogens with zero attached hydrogens (tertiary/aromatic N) is 5. The Hall–Kier alpha value is -2.87. The van der Waals surface area contributed by atoms with Gasteiger partial charge in [0.05, 0.1) is 13.2 Å². The van der Waals surface area contributed by atoms with Crippen molar-refractivity contribution in [2.24, 2.45) is 0 Å². The molecule has 0 unspecified atom stereocenters. The van der Waals surface area contributed by atoms with Crippen molar-refractivity contribution in [3.05, 3.63) is 24.3 Å². The third-order valence-electron chi connectivity index (χ3n) is 4.16. The van der Waals surface area contributed by atoms with Crippen molar-refractivity contribution in [2.75, 3.05) is 50.2 Å². The first-order valence-corrected chi connectivity index (χ1v) is 8.19. The molecule has 8 heteroatoms. The Morgan fingerprint density at radius 1 is 1.16 bits per heavy atom. The van der Waals surface area contributed by atoms with Gasteiger partial charge >= 0.3 is 0 Å². The molecule has 0 atom stereocenters. The van der Waals surface area contributed by atoms with E-state index in [4.69, 9.17) is 9.72 Å². The van der Waals surface area contributed by atoms with Gasteiger partial charge in [-0.15, -0.1) is 0 Å². The largest absolute Gasteiger partial charge is 0.508 e. The van der Waals surface area contributed by atoms with Gasteiger partial charge in [-0.3, -0.25) is 0 Å². The Morgan fingerprint density at radius 3 is 2.68 bits per heavy atom. The quantitative estimate of drug-likeness (QED) is 0.749. The van der Waals surface area contributed by atoms with Gasteiger partial charge in [0.2, 0.25) is 11.9 Å². The van der Waals surface area contributed by atoms with Crippen LogP contribution in [0.4, 0.5) is 11.9 Å². The molecule has 0 radical (unpaired) electrons. The Morgan fingerprint density at radius 2 is 1.96 bits per heavy atom. The number of aromatic hydroxyl groups is 1. The van der Waals surface area contributed by atoms with E-state index in [9.17, 15) is 5.11 Å². The van der Waals surface area contributed by atoms with Crippen molar-refractivity contribution in [2.45, 2.75) is 0 Å². The summed E-state index contributed by atoms with van der Waals surface area (Å²) in [5.74, 6) is 1.54. The van der Waals surface area contributed by atoms with E-state index < -0.39 is 0 Å². The highest BCUT2D eigenvalue weighted by Crippen LogP contribution is 2.30. The molecular formula is C17H20N6O2. The van der Waals surface area contributed by atoms with Crippen LogP contribution in [-0.2, 0) is 4.74 Å². The second-order valence-electron chi connectivity index (χ2n) is 6.18. The Kier molecular flexibility index (Phi) is 3.89. The number of hydrogen-bond donors (Lipinski definition) is 2. The van der Waals surface area contributed by atoms with E-state index in [1.807, 2.05) is 25.1 Å². The molecule has 1 aliphatic heterocycles. The Bertz CT molecular complexity index is 901. The molecule has 0 aliphatic carbocycles. The molecular weight excluding hydrogens is 320 g/mol. The SMILES string of the molecule is CN(C)c1nc2nc(N3CCOCC3)nc(-c3cccc(O)c3)c2[nH]1. The first kappa shape index (κ1) is 15.6. The lowest BCUT2D eigenvalue weighted by Gasteiger charge is -2.26. The van der Waals surface area contributed by atoms with Crippen LogP contribution < -0.4 is 9.80 Å². The Balaban J connectivity index is 1.90. The predicted octanol–water partition coefficient (Wildman–Crippen LogP) is 1.63. The third-order valence-corrected chi connectivity index (χ3v) is 4.16. The van der Waals surface area contributed by atoms with Crippen molar-refractivity contribution in [1.29, 1.82) is 0 Å². The zero-order valence-corrected chi connectivity index (χ0v) is 14.2. The van der Waals surface area contributed by atoms with Crippen LogP contribution in [0, 0.1) is 0 Å². The molecule has 0 spiro atoms. The topological polar surface area (TPSA) is 90.4 Å². The average Bonchev–Trinajstić information content (AvgIpc) is 3.06. The van der Waals surface area contributed by atoms with Crippen LogP contribution in [0.1, 0.15) is 0 Å². The molecule has 1 fully saturated rings. The van der Waals surface area contributed by atoms with Gasteiger partial charge in [-0.25, -0.2) is 4.98 Å². The molecule has 25 heavy (non-hydrogen) atoms. The van der Waals surface area contributed by atoms with Gasteiger partial charge in [-0.05, 0) is 12.1 Å². The fourth-order valence-electron chi connectivity index (χ4n) is 2.85. The summed E-state index contributed by atoms with van der Waals surface area (Å²) in [6.45, 7) is 2.81. The minimum atomic E-state index is 0.199. The maximum Gasteiger partial charge on any atom is 0.228 e. The number of phenols is 1. The van der Waals surface area contributed by atoms with Gasteiger partial charge in [0.25, 0.3) is 0 Å². The molecule has 3 aromatic rings. The highest BCUT2D eigenvalue weighted by Gasteiger charge is 2.20. The molecule has 2 aromatic heterocycles. The molecule has 8 nitrogen and oxygen atoms in total. The molecule has 1 aromatic carbocycles. The number of benzene rings is 1. The zero-order valence-electron chi connectivity index (χ0n) is 14.2. The normalized spacial score (nSPS) is 14.9. The van der Waals surface area contributed by atoms with Gasteiger partial charge in [-0.1, -0.05) is 12.1 Å². The van der Waals surface area contributed by atoms with Crippen LogP contribution in [0.15, 0.2) is 24.3 Å². The molecule has 1 aliphatic rings. The second-order valence-corrected chi connectivity index (χ2v) is 6.18. The van der Waals surface area contributed by atoms with E-state index in [1.165, 1.54) is 0 Å². The standard InChI is InChI=1S/C17H20N6O2/c1-22(2)16-19-14-13(11-4-3-5-12(24)10-11)18-17(21-15(14)20-16)23-6-8-25-9-7-23/h3-5,10,24H,6-9H2,1-2H3,(H,18,19,20,21). The van der Waals surface area contributed by atoms with Crippen LogP contribution in [0.5, 0.6) is 5.75 Å². The third kappa shape index (κ3) is 2.96. The van der Waals surface area contributed by atoms with Crippen molar-refractivity contribution in [3.63, 3.8) is 0 Å². The van der Waals surface area contributed by atoms with E-state index >= 15 is 0 Å². The number of anilines is 2. The molecule has 1 saturated heterocycles. The molecule has 0 amide bonds. The monoisotopic (exact) mass is 340 g/mol. The summed E-state index contributed by atoms with van der Waals surface area (Å²) in [7, 11) is 3.84. The van der Waals surface area contributed by atoms with E-state index in [0.717, 1.165) is 29.9 Å². The summed E-state index contributed by atoms with van der Waals surface area (Å²) in [4.78, 5) is 21.2. The van der Waals surface area contributed by atoms with Crippen LogP contribution in [0.3, 0.4) is 0 Å². The number of ether oxygens (including phenoxy) is 1. The molecule has 4 rings (SSSR count). The van der Waals surface area contributed by atoms with Gasteiger partial charge in [-0.2, -0.15) is 9.97 Å². The van der Waals surface area contributed by atoms with Gasteiger partial charge in [0, 0.05) is 32.7 Å². The fourth-order valence-corrected chi connectivity index (χ4v) is 2.85. The maximum absolute atomic E-state index is 9.85. The molecule has 3 heterocycles. The van der Waals surface area contributed by atoms with Gasteiger partial charge in [0.15, 0.2) is 5.65 Å². The van der Waals surface area contributed by atoms with E-state index in [0.29, 0.717) is 30.8 Å². The number of rotatable bonds is 3. The van der Waals surface area contributed by atoms with E-state index in [1.54, 1.807) is 18.2 Å². The highest BCUT2D eigenvalue weighted by atomic mass is 16.5.